The molecule has 0 radical (unpaired) electrons. The minimum Gasteiger partial charge on any atom is -0.494 e. The number of anilines is 1. The number of amides is 1. The first kappa shape index (κ1) is 15.5. The van der Waals surface area contributed by atoms with Gasteiger partial charge in [-0.05, 0) is 55.3 Å². The molecule has 23 heavy (non-hydrogen) atoms. The Bertz CT molecular complexity index is 731. The van der Waals surface area contributed by atoms with E-state index in [2.05, 4.69) is 10.6 Å². The zero-order valence-electron chi connectivity index (χ0n) is 13.0. The highest BCUT2D eigenvalue weighted by Crippen LogP contribution is 2.25. The Kier molecular flexibility index (Phi) is 4.57. The fraction of sp³-hybridized carbons (Fsp3) is 0.278. The summed E-state index contributed by atoms with van der Waals surface area (Å²) in [5.74, 6) is -0.0604. The highest BCUT2D eigenvalue weighted by Gasteiger charge is 2.18. The first-order valence-electron chi connectivity index (χ1n) is 7.74. The van der Waals surface area contributed by atoms with E-state index in [1.807, 2.05) is 13.0 Å². The molecule has 0 atom stereocenters. The van der Waals surface area contributed by atoms with Crippen LogP contribution in [0.15, 0.2) is 36.4 Å². The van der Waals surface area contributed by atoms with Crippen LogP contribution >= 0.6 is 0 Å². The minimum absolute atomic E-state index is 0.220. The number of hydrogen-bond acceptors (Lipinski definition) is 3. The average Bonchev–Trinajstić information content (AvgIpc) is 2.58. The number of carbonyl (C=O) groups excluding carboxylic acids is 1. The van der Waals surface area contributed by atoms with Crippen LogP contribution in [0, 0.1) is 5.82 Å². The van der Waals surface area contributed by atoms with Gasteiger partial charge in [-0.25, -0.2) is 4.39 Å². The molecule has 1 aliphatic heterocycles. The summed E-state index contributed by atoms with van der Waals surface area (Å²) < 4.78 is 19.9. The van der Waals surface area contributed by atoms with Gasteiger partial charge in [0.1, 0.15) is 11.6 Å². The van der Waals surface area contributed by atoms with E-state index in [-0.39, 0.29) is 17.4 Å². The Morgan fingerprint density at radius 2 is 2.22 bits per heavy atom. The molecule has 0 saturated heterocycles. The van der Waals surface area contributed by atoms with Crippen LogP contribution in [0.4, 0.5) is 10.1 Å². The van der Waals surface area contributed by atoms with Crippen molar-refractivity contribution in [3.63, 3.8) is 0 Å². The molecule has 0 bridgehead atoms. The number of carbonyl (C=O) groups is 1. The van der Waals surface area contributed by atoms with Gasteiger partial charge in [0, 0.05) is 12.1 Å². The molecule has 0 spiro atoms. The van der Waals surface area contributed by atoms with Gasteiger partial charge in [-0.15, -0.1) is 0 Å². The number of ether oxygens (including phenoxy) is 1. The van der Waals surface area contributed by atoms with Gasteiger partial charge < -0.3 is 15.4 Å². The zero-order chi connectivity index (χ0) is 16.2. The van der Waals surface area contributed by atoms with Gasteiger partial charge in [0.05, 0.1) is 12.3 Å². The highest BCUT2D eigenvalue weighted by molar-refractivity contribution is 6.04. The van der Waals surface area contributed by atoms with E-state index in [1.165, 1.54) is 0 Å². The average molecular weight is 314 g/mol. The van der Waals surface area contributed by atoms with E-state index in [9.17, 15) is 9.18 Å². The van der Waals surface area contributed by atoms with Crippen molar-refractivity contribution in [2.45, 2.75) is 19.9 Å². The molecular weight excluding hydrogens is 295 g/mol. The lowest BCUT2D eigenvalue weighted by Gasteiger charge is -2.19. The summed E-state index contributed by atoms with van der Waals surface area (Å²) in [6.07, 6.45) is 0.630. The lowest BCUT2D eigenvalue weighted by Crippen LogP contribution is -2.25. The minimum atomic E-state index is -0.348. The Balaban J connectivity index is 1.81. The number of halogens is 1. The van der Waals surface area contributed by atoms with Crippen LogP contribution in [0.2, 0.25) is 0 Å². The molecular formula is C18H19FN2O2. The van der Waals surface area contributed by atoms with Gasteiger partial charge in [0.15, 0.2) is 0 Å². The van der Waals surface area contributed by atoms with Gasteiger partial charge >= 0.3 is 0 Å². The van der Waals surface area contributed by atoms with Crippen LogP contribution in [-0.2, 0) is 13.0 Å². The maximum Gasteiger partial charge on any atom is 0.255 e. The topological polar surface area (TPSA) is 50.4 Å². The third-order valence-corrected chi connectivity index (χ3v) is 3.86. The van der Waals surface area contributed by atoms with Crippen molar-refractivity contribution >= 4 is 11.6 Å². The molecule has 5 heteroatoms. The molecule has 120 valence electrons. The van der Waals surface area contributed by atoms with Crippen LogP contribution in [-0.4, -0.2) is 19.1 Å². The second kappa shape index (κ2) is 6.79. The fourth-order valence-corrected chi connectivity index (χ4v) is 2.72. The van der Waals surface area contributed by atoms with Crippen molar-refractivity contribution in [2.75, 3.05) is 18.5 Å². The van der Waals surface area contributed by atoms with Crippen LogP contribution in [0.5, 0.6) is 5.75 Å². The molecule has 3 rings (SSSR count). The second-order valence-electron chi connectivity index (χ2n) is 5.41. The third kappa shape index (κ3) is 3.35. The van der Waals surface area contributed by atoms with E-state index in [0.29, 0.717) is 36.4 Å². The predicted molar refractivity (Wildman–Crippen MR) is 87.4 cm³/mol. The number of hydrogen-bond donors (Lipinski definition) is 2. The number of rotatable bonds is 4. The molecule has 4 nitrogen and oxygen atoms in total. The molecule has 1 heterocycles. The largest absolute Gasteiger partial charge is 0.494 e. The summed E-state index contributed by atoms with van der Waals surface area (Å²) in [5, 5.41) is 5.86. The molecule has 0 unspecified atom stereocenters. The Morgan fingerprint density at radius 1 is 1.35 bits per heavy atom. The quantitative estimate of drug-likeness (QED) is 0.911. The molecule has 0 aromatic heterocycles. The van der Waals surface area contributed by atoms with Gasteiger partial charge in [0.2, 0.25) is 0 Å². The SMILES string of the molecule is CCOc1cccc(C(=O)Nc2ccc3c(c2F)CCNC3)c1. The van der Waals surface area contributed by atoms with Crippen molar-refractivity contribution < 1.29 is 13.9 Å². The molecule has 0 fully saturated rings. The molecule has 1 amide bonds. The van der Waals surface area contributed by atoms with Crippen LogP contribution < -0.4 is 15.4 Å². The van der Waals surface area contributed by atoms with E-state index in [4.69, 9.17) is 4.74 Å². The smallest absolute Gasteiger partial charge is 0.255 e. The summed E-state index contributed by atoms with van der Waals surface area (Å²) in [7, 11) is 0. The van der Waals surface area contributed by atoms with Crippen molar-refractivity contribution in [1.29, 1.82) is 0 Å². The normalized spacial score (nSPS) is 13.3. The summed E-state index contributed by atoms with van der Waals surface area (Å²) >= 11 is 0. The fourth-order valence-electron chi connectivity index (χ4n) is 2.72. The van der Waals surface area contributed by atoms with Crippen LogP contribution in [0.25, 0.3) is 0 Å². The number of benzene rings is 2. The molecule has 1 aliphatic rings. The third-order valence-electron chi connectivity index (χ3n) is 3.86. The zero-order valence-corrected chi connectivity index (χ0v) is 13.0. The standard InChI is InChI=1S/C18H19FN2O2/c1-2-23-14-5-3-4-12(10-14)18(22)21-16-7-6-13-11-20-9-8-15(13)17(16)19/h3-7,10,20H,2,8-9,11H2,1H3,(H,21,22). The highest BCUT2D eigenvalue weighted by atomic mass is 19.1. The molecule has 0 aliphatic carbocycles. The summed E-state index contributed by atoms with van der Waals surface area (Å²) in [4.78, 5) is 12.3. The first-order chi connectivity index (χ1) is 11.2. The molecule has 2 aromatic rings. The summed E-state index contributed by atoms with van der Waals surface area (Å²) in [5.41, 5.74) is 2.29. The van der Waals surface area contributed by atoms with Crippen molar-refractivity contribution in [3.8, 4) is 5.75 Å². The Morgan fingerprint density at radius 3 is 3.04 bits per heavy atom. The Labute approximate surface area is 134 Å². The van der Waals surface area contributed by atoms with Crippen LogP contribution in [0.3, 0.4) is 0 Å². The van der Waals surface area contributed by atoms with Gasteiger partial charge in [0.25, 0.3) is 5.91 Å². The predicted octanol–water partition coefficient (Wildman–Crippen LogP) is 3.12. The first-order valence-corrected chi connectivity index (χ1v) is 7.74. The lowest BCUT2D eigenvalue weighted by atomic mass is 9.99. The van der Waals surface area contributed by atoms with Crippen molar-refractivity contribution in [1.82, 2.24) is 5.32 Å². The van der Waals surface area contributed by atoms with E-state index in [1.54, 1.807) is 30.3 Å². The van der Waals surface area contributed by atoms with Crippen molar-refractivity contribution in [3.05, 3.63) is 58.9 Å². The molecule has 2 aromatic carbocycles. The van der Waals surface area contributed by atoms with E-state index < -0.39 is 0 Å². The maximum absolute atomic E-state index is 14.6. The monoisotopic (exact) mass is 314 g/mol. The second-order valence-corrected chi connectivity index (χ2v) is 5.41. The molecule has 0 saturated carbocycles. The molecule has 2 N–H and O–H groups in total. The lowest BCUT2D eigenvalue weighted by molar-refractivity contribution is 0.102. The maximum atomic E-state index is 14.6. The van der Waals surface area contributed by atoms with E-state index in [0.717, 1.165) is 12.1 Å². The van der Waals surface area contributed by atoms with Crippen LogP contribution in [0.1, 0.15) is 28.4 Å². The van der Waals surface area contributed by atoms with Gasteiger partial charge in [-0.3, -0.25) is 4.79 Å². The van der Waals surface area contributed by atoms with E-state index >= 15 is 0 Å². The van der Waals surface area contributed by atoms with Gasteiger partial charge in [-0.2, -0.15) is 0 Å². The Hall–Kier alpha value is -2.40. The number of fused-ring (bicyclic) bond motifs is 1. The number of nitrogens with one attached hydrogen (secondary N) is 2. The summed E-state index contributed by atoms with van der Waals surface area (Å²) in [6.45, 7) is 3.82. The summed E-state index contributed by atoms with van der Waals surface area (Å²) in [6, 6.07) is 10.3. The van der Waals surface area contributed by atoms with Gasteiger partial charge in [-0.1, -0.05) is 12.1 Å². The van der Waals surface area contributed by atoms with Crippen molar-refractivity contribution in [2.24, 2.45) is 0 Å².